The van der Waals surface area contributed by atoms with Crippen LogP contribution in [0.5, 0.6) is 11.5 Å². The van der Waals surface area contributed by atoms with E-state index in [2.05, 4.69) is 0 Å². The van der Waals surface area contributed by atoms with E-state index in [-0.39, 0.29) is 24.8 Å². The summed E-state index contributed by atoms with van der Waals surface area (Å²) in [4.78, 5) is 25.8. The van der Waals surface area contributed by atoms with Crippen molar-refractivity contribution in [3.05, 3.63) is 157 Å². The van der Waals surface area contributed by atoms with Crippen LogP contribution in [-0.4, -0.2) is 24.8 Å². The SMILES string of the molecule is O=C(COc1cccc2c(OCC(=O)c3ccc(-c4ccccc4)cc3)cccc12)c1ccc(-c2ccccc2)cc1. The second-order valence-electron chi connectivity index (χ2n) is 9.92. The Morgan fingerprint density at radius 2 is 0.738 bits per heavy atom. The van der Waals surface area contributed by atoms with E-state index in [1.807, 2.05) is 146 Å². The minimum atomic E-state index is -0.108. The Kier molecular flexibility index (Phi) is 7.87. The lowest BCUT2D eigenvalue weighted by Gasteiger charge is -2.13. The van der Waals surface area contributed by atoms with Gasteiger partial charge in [-0.2, -0.15) is 0 Å². The van der Waals surface area contributed by atoms with Crippen LogP contribution in [0.15, 0.2) is 146 Å². The molecule has 6 aromatic carbocycles. The summed E-state index contributed by atoms with van der Waals surface area (Å²) in [5.74, 6) is 0.941. The van der Waals surface area contributed by atoms with E-state index in [1.54, 1.807) is 0 Å². The Hall–Kier alpha value is -5.48. The van der Waals surface area contributed by atoms with E-state index in [0.717, 1.165) is 33.0 Å². The molecule has 0 aliphatic heterocycles. The number of rotatable bonds is 10. The summed E-state index contributed by atoms with van der Waals surface area (Å²) in [5.41, 5.74) is 5.49. The zero-order chi connectivity index (χ0) is 28.7. The van der Waals surface area contributed by atoms with Crippen LogP contribution in [0.25, 0.3) is 33.0 Å². The molecule has 0 unspecified atom stereocenters. The number of carbonyl (C=O) groups excluding carboxylic acids is 2. The molecule has 0 heterocycles. The van der Waals surface area contributed by atoms with E-state index in [1.165, 1.54) is 0 Å². The summed E-state index contributed by atoms with van der Waals surface area (Å²) < 4.78 is 12.0. The fraction of sp³-hybridized carbons (Fsp3) is 0.0526. The molecule has 0 spiro atoms. The second-order valence-corrected chi connectivity index (χ2v) is 9.92. The third-order valence-corrected chi connectivity index (χ3v) is 7.19. The summed E-state index contributed by atoms with van der Waals surface area (Å²) >= 11 is 0. The highest BCUT2D eigenvalue weighted by Crippen LogP contribution is 2.32. The number of hydrogen-bond acceptors (Lipinski definition) is 4. The fourth-order valence-electron chi connectivity index (χ4n) is 4.92. The molecule has 0 fully saturated rings. The predicted octanol–water partition coefficient (Wildman–Crippen LogP) is 8.70. The van der Waals surface area contributed by atoms with Crippen molar-refractivity contribution in [1.82, 2.24) is 0 Å². The van der Waals surface area contributed by atoms with Crippen LogP contribution in [0.2, 0.25) is 0 Å². The summed E-state index contributed by atoms with van der Waals surface area (Å²) in [5, 5.41) is 1.61. The van der Waals surface area contributed by atoms with Crippen molar-refractivity contribution in [2.45, 2.75) is 0 Å². The highest BCUT2D eigenvalue weighted by atomic mass is 16.5. The van der Waals surface area contributed by atoms with Crippen molar-refractivity contribution in [2.24, 2.45) is 0 Å². The van der Waals surface area contributed by atoms with Gasteiger partial charge in [-0.3, -0.25) is 9.59 Å². The van der Waals surface area contributed by atoms with E-state index in [9.17, 15) is 9.59 Å². The van der Waals surface area contributed by atoms with Gasteiger partial charge in [0.2, 0.25) is 0 Å². The number of benzene rings is 6. The highest BCUT2D eigenvalue weighted by Gasteiger charge is 2.13. The van der Waals surface area contributed by atoms with Gasteiger partial charge in [0.1, 0.15) is 11.5 Å². The van der Waals surface area contributed by atoms with Crippen LogP contribution in [0.1, 0.15) is 20.7 Å². The number of carbonyl (C=O) groups is 2. The zero-order valence-electron chi connectivity index (χ0n) is 22.9. The smallest absolute Gasteiger partial charge is 0.200 e. The van der Waals surface area contributed by atoms with Crippen LogP contribution in [-0.2, 0) is 0 Å². The molecule has 4 nitrogen and oxygen atoms in total. The van der Waals surface area contributed by atoms with Crippen molar-refractivity contribution in [3.8, 4) is 33.8 Å². The van der Waals surface area contributed by atoms with Crippen LogP contribution < -0.4 is 9.47 Å². The van der Waals surface area contributed by atoms with Crippen LogP contribution in [0.4, 0.5) is 0 Å². The molecule has 4 heteroatoms. The summed E-state index contributed by atoms with van der Waals surface area (Å²) in [6.07, 6.45) is 0. The van der Waals surface area contributed by atoms with Gasteiger partial charge in [0, 0.05) is 21.9 Å². The summed E-state index contributed by atoms with van der Waals surface area (Å²) in [7, 11) is 0. The first kappa shape index (κ1) is 26.7. The van der Waals surface area contributed by atoms with Gasteiger partial charge in [-0.1, -0.05) is 133 Å². The van der Waals surface area contributed by atoms with Gasteiger partial charge in [-0.05, 0) is 34.4 Å². The second kappa shape index (κ2) is 12.4. The van der Waals surface area contributed by atoms with Crippen molar-refractivity contribution in [1.29, 1.82) is 0 Å². The Labute approximate surface area is 244 Å². The Balaban J connectivity index is 1.11. The van der Waals surface area contributed by atoms with Gasteiger partial charge < -0.3 is 9.47 Å². The molecule has 42 heavy (non-hydrogen) atoms. The van der Waals surface area contributed by atoms with E-state index in [4.69, 9.17) is 9.47 Å². The van der Waals surface area contributed by atoms with E-state index in [0.29, 0.717) is 22.6 Å². The molecular weight excluding hydrogens is 520 g/mol. The molecule has 204 valence electrons. The molecular formula is C38H28O4. The predicted molar refractivity (Wildman–Crippen MR) is 167 cm³/mol. The quantitative estimate of drug-likeness (QED) is 0.161. The molecule has 0 bridgehead atoms. The molecule has 0 amide bonds. The molecule has 0 saturated heterocycles. The van der Waals surface area contributed by atoms with E-state index >= 15 is 0 Å². The number of Topliss-reactive ketones (excluding diaryl/α,β-unsaturated/α-hetero) is 2. The van der Waals surface area contributed by atoms with Gasteiger partial charge in [-0.25, -0.2) is 0 Å². The van der Waals surface area contributed by atoms with Crippen LogP contribution >= 0.6 is 0 Å². The topological polar surface area (TPSA) is 52.6 Å². The first-order valence-corrected chi connectivity index (χ1v) is 13.8. The third-order valence-electron chi connectivity index (χ3n) is 7.19. The number of ketones is 2. The normalized spacial score (nSPS) is 10.8. The van der Waals surface area contributed by atoms with Gasteiger partial charge in [0.05, 0.1) is 0 Å². The molecule has 0 radical (unpaired) electrons. The monoisotopic (exact) mass is 548 g/mol. The van der Waals surface area contributed by atoms with Crippen LogP contribution in [0.3, 0.4) is 0 Å². The van der Waals surface area contributed by atoms with Gasteiger partial charge in [0.25, 0.3) is 0 Å². The molecule has 0 atom stereocenters. The van der Waals surface area contributed by atoms with E-state index < -0.39 is 0 Å². The zero-order valence-corrected chi connectivity index (χ0v) is 22.9. The maximum atomic E-state index is 12.9. The number of ether oxygens (including phenoxy) is 2. The molecule has 0 aromatic heterocycles. The van der Waals surface area contributed by atoms with Crippen LogP contribution in [0, 0.1) is 0 Å². The average molecular weight is 549 g/mol. The van der Waals surface area contributed by atoms with Crippen molar-refractivity contribution < 1.29 is 19.1 Å². The third kappa shape index (κ3) is 5.98. The Bertz CT molecular complexity index is 1690. The highest BCUT2D eigenvalue weighted by molar-refractivity contribution is 5.99. The lowest BCUT2D eigenvalue weighted by Crippen LogP contribution is -2.12. The van der Waals surface area contributed by atoms with Crippen molar-refractivity contribution in [2.75, 3.05) is 13.2 Å². The number of hydrogen-bond donors (Lipinski definition) is 0. The van der Waals surface area contributed by atoms with Gasteiger partial charge >= 0.3 is 0 Å². The molecule has 6 rings (SSSR count). The lowest BCUT2D eigenvalue weighted by molar-refractivity contribution is 0.0915. The first-order valence-electron chi connectivity index (χ1n) is 13.8. The summed E-state index contributed by atoms with van der Waals surface area (Å²) in [6.45, 7) is -0.182. The number of fused-ring (bicyclic) bond motifs is 1. The van der Waals surface area contributed by atoms with Gasteiger partial charge in [-0.15, -0.1) is 0 Å². The summed E-state index contributed by atoms with van der Waals surface area (Å²) in [6, 6.07) is 46.4. The minimum Gasteiger partial charge on any atom is -0.485 e. The fourth-order valence-corrected chi connectivity index (χ4v) is 4.92. The van der Waals surface area contributed by atoms with Crippen molar-refractivity contribution in [3.63, 3.8) is 0 Å². The largest absolute Gasteiger partial charge is 0.485 e. The Morgan fingerprint density at radius 1 is 0.381 bits per heavy atom. The van der Waals surface area contributed by atoms with Crippen molar-refractivity contribution >= 4 is 22.3 Å². The molecule has 0 aliphatic rings. The molecule has 6 aromatic rings. The maximum absolute atomic E-state index is 12.9. The lowest BCUT2D eigenvalue weighted by atomic mass is 10.0. The van der Waals surface area contributed by atoms with Gasteiger partial charge in [0.15, 0.2) is 24.8 Å². The average Bonchev–Trinajstić information content (AvgIpc) is 3.07. The molecule has 0 saturated carbocycles. The Morgan fingerprint density at radius 3 is 1.12 bits per heavy atom. The minimum absolute atomic E-state index is 0.0909. The molecule has 0 aliphatic carbocycles. The maximum Gasteiger partial charge on any atom is 0.200 e. The first-order chi connectivity index (χ1) is 20.7. The molecule has 0 N–H and O–H groups in total. The standard InChI is InChI=1S/C38H28O4/c39-35(31-21-17-29(18-22-31)27-9-3-1-4-10-27)25-41-37-15-7-14-34-33(37)13-8-16-38(34)42-26-36(40)32-23-19-30(20-24-32)28-11-5-2-6-12-28/h1-24H,25-26H2.